The van der Waals surface area contributed by atoms with Gasteiger partial charge in [-0.3, -0.25) is 0 Å². The third kappa shape index (κ3) is 4.57. The van der Waals surface area contributed by atoms with E-state index in [0.717, 1.165) is 0 Å². The predicted octanol–water partition coefficient (Wildman–Crippen LogP) is 5.19. The van der Waals surface area contributed by atoms with Crippen LogP contribution in [0.5, 0.6) is 0 Å². The number of alkyl halides is 3. The number of rotatable bonds is 5. The fourth-order valence-corrected chi connectivity index (χ4v) is 3.37. The third-order valence-corrected chi connectivity index (χ3v) is 4.57. The van der Waals surface area contributed by atoms with Gasteiger partial charge in [-0.25, -0.2) is 19.7 Å². The summed E-state index contributed by atoms with van der Waals surface area (Å²) in [5.74, 6) is -0.439. The van der Waals surface area contributed by atoms with Gasteiger partial charge < -0.3 is 10.1 Å². The number of carbonyl (C=O) groups excluding carboxylic acids is 1. The lowest BCUT2D eigenvalue weighted by Gasteiger charge is -2.09. The monoisotopic (exact) mass is 428 g/mol. The number of thiazole rings is 1. The molecule has 1 aromatic carbocycles. The summed E-state index contributed by atoms with van der Waals surface area (Å²) in [5, 5.41) is 2.86. The average Bonchev–Trinajstić information content (AvgIpc) is 3.05. The molecule has 3 rings (SSSR count). The van der Waals surface area contributed by atoms with Crippen LogP contribution < -0.4 is 5.32 Å². The normalized spacial score (nSPS) is 11.3. The van der Waals surface area contributed by atoms with Crippen LogP contribution in [0.15, 0.2) is 36.5 Å². The lowest BCUT2D eigenvalue weighted by molar-refractivity contribution is -0.140. The summed E-state index contributed by atoms with van der Waals surface area (Å²) in [4.78, 5) is 23.1. The molecule has 1 N–H and O–H groups in total. The van der Waals surface area contributed by atoms with E-state index in [0.29, 0.717) is 22.6 Å². The van der Waals surface area contributed by atoms with E-state index in [1.807, 2.05) is 0 Å². The van der Waals surface area contributed by atoms with Crippen LogP contribution in [0.4, 0.5) is 24.8 Å². The van der Waals surface area contributed by atoms with Gasteiger partial charge in [0, 0.05) is 11.9 Å². The van der Waals surface area contributed by atoms with Crippen molar-refractivity contribution in [1.82, 2.24) is 15.0 Å². The van der Waals surface area contributed by atoms with E-state index in [4.69, 9.17) is 16.3 Å². The molecule has 0 saturated carbocycles. The molecule has 0 aliphatic rings. The number of hydrogen-bond acceptors (Lipinski definition) is 7. The smallest absolute Gasteiger partial charge is 0.434 e. The molecule has 0 spiro atoms. The summed E-state index contributed by atoms with van der Waals surface area (Å²) in [6.45, 7) is 1.93. The highest BCUT2D eigenvalue weighted by molar-refractivity contribution is 7.19. The highest BCUT2D eigenvalue weighted by atomic mass is 35.5. The highest BCUT2D eigenvalue weighted by Gasteiger charge is 2.38. The van der Waals surface area contributed by atoms with Gasteiger partial charge in [-0.05, 0) is 31.2 Å². The van der Waals surface area contributed by atoms with E-state index in [2.05, 4.69) is 20.3 Å². The minimum Gasteiger partial charge on any atom is -0.462 e. The Morgan fingerprint density at radius 2 is 2.07 bits per heavy atom. The van der Waals surface area contributed by atoms with Crippen molar-refractivity contribution in [3.05, 3.63) is 52.3 Å². The Morgan fingerprint density at radius 3 is 2.79 bits per heavy atom. The number of carbonyl (C=O) groups is 1. The zero-order chi connectivity index (χ0) is 20.3. The van der Waals surface area contributed by atoms with Crippen molar-refractivity contribution >= 4 is 40.5 Å². The first-order valence-electron chi connectivity index (χ1n) is 7.89. The van der Waals surface area contributed by atoms with Crippen molar-refractivity contribution in [3.63, 3.8) is 0 Å². The molecule has 0 amide bonds. The largest absolute Gasteiger partial charge is 0.462 e. The maximum absolute atomic E-state index is 13.2. The van der Waals surface area contributed by atoms with Gasteiger partial charge >= 0.3 is 12.1 Å². The molecule has 0 atom stereocenters. The Hall–Kier alpha value is -2.72. The van der Waals surface area contributed by atoms with Crippen molar-refractivity contribution < 1.29 is 22.7 Å². The van der Waals surface area contributed by atoms with Crippen LogP contribution in [0.1, 0.15) is 23.0 Å². The molecule has 146 valence electrons. The van der Waals surface area contributed by atoms with Gasteiger partial charge in [0.15, 0.2) is 10.2 Å². The van der Waals surface area contributed by atoms with Crippen LogP contribution in [0.25, 0.3) is 10.6 Å². The first-order chi connectivity index (χ1) is 13.3. The molecule has 0 aliphatic heterocycles. The highest BCUT2D eigenvalue weighted by Crippen LogP contribution is 2.41. The minimum atomic E-state index is -4.66. The lowest BCUT2D eigenvalue weighted by atomic mass is 10.2. The van der Waals surface area contributed by atoms with Gasteiger partial charge in [0.05, 0.1) is 22.7 Å². The van der Waals surface area contributed by atoms with Gasteiger partial charge in [0.2, 0.25) is 5.95 Å². The summed E-state index contributed by atoms with van der Waals surface area (Å²) in [6, 6.07) is 7.72. The van der Waals surface area contributed by atoms with Crippen molar-refractivity contribution in [2.24, 2.45) is 0 Å². The Kier molecular flexibility index (Phi) is 5.80. The molecule has 6 nitrogen and oxygen atoms in total. The van der Waals surface area contributed by atoms with Crippen LogP contribution in [-0.2, 0) is 10.9 Å². The number of esters is 1. The summed E-state index contributed by atoms with van der Waals surface area (Å²) < 4.78 is 44.2. The fourth-order valence-electron chi connectivity index (χ4n) is 2.27. The maximum Gasteiger partial charge on any atom is 0.434 e. The molecule has 0 aliphatic carbocycles. The number of nitrogens with zero attached hydrogens (tertiary/aromatic N) is 3. The zero-order valence-electron chi connectivity index (χ0n) is 14.2. The van der Waals surface area contributed by atoms with Gasteiger partial charge in [-0.1, -0.05) is 17.7 Å². The summed E-state index contributed by atoms with van der Waals surface area (Å²) in [7, 11) is 0. The number of anilines is 2. The topological polar surface area (TPSA) is 77.0 Å². The van der Waals surface area contributed by atoms with Crippen LogP contribution in [0.2, 0.25) is 4.47 Å². The fraction of sp³-hybridized carbons (Fsp3) is 0.176. The number of ether oxygens (including phenoxy) is 1. The number of benzene rings is 1. The predicted molar refractivity (Wildman–Crippen MR) is 98.8 cm³/mol. The summed E-state index contributed by atoms with van der Waals surface area (Å²) >= 11 is 6.34. The average molecular weight is 429 g/mol. The number of hydrogen-bond donors (Lipinski definition) is 1. The van der Waals surface area contributed by atoms with Gasteiger partial charge in [-0.2, -0.15) is 13.2 Å². The van der Waals surface area contributed by atoms with E-state index in [-0.39, 0.29) is 27.6 Å². The van der Waals surface area contributed by atoms with E-state index in [1.165, 1.54) is 18.3 Å². The molecular formula is C17H12ClF3N4O2S. The van der Waals surface area contributed by atoms with Gasteiger partial charge in [-0.15, -0.1) is 11.3 Å². The summed E-state index contributed by atoms with van der Waals surface area (Å²) in [6.07, 6.45) is -3.35. The van der Waals surface area contributed by atoms with Crippen molar-refractivity contribution in [3.8, 4) is 10.6 Å². The van der Waals surface area contributed by atoms with Gasteiger partial charge in [0.25, 0.3) is 0 Å². The molecule has 3 aromatic rings. The Morgan fingerprint density at radius 1 is 1.29 bits per heavy atom. The van der Waals surface area contributed by atoms with Crippen LogP contribution in [0, 0.1) is 0 Å². The lowest BCUT2D eigenvalue weighted by Crippen LogP contribution is -2.08. The SMILES string of the molecule is CCOC(=O)c1cccc(Nc2nccc(-c3sc(Cl)nc3C(F)(F)F)n2)c1. The van der Waals surface area contributed by atoms with Crippen LogP contribution in [-0.4, -0.2) is 27.5 Å². The first-order valence-corrected chi connectivity index (χ1v) is 9.08. The molecule has 0 saturated heterocycles. The van der Waals surface area contributed by atoms with Crippen LogP contribution in [0.3, 0.4) is 0 Å². The second-order valence-corrected chi connectivity index (χ2v) is 6.92. The first kappa shape index (κ1) is 20.0. The van der Waals surface area contributed by atoms with Gasteiger partial charge in [0.1, 0.15) is 0 Å². The molecule has 2 heterocycles. The summed E-state index contributed by atoms with van der Waals surface area (Å²) in [5.41, 5.74) is -0.287. The molecule has 28 heavy (non-hydrogen) atoms. The molecular weight excluding hydrogens is 417 g/mol. The molecule has 0 radical (unpaired) electrons. The molecule has 0 unspecified atom stereocenters. The molecule has 0 bridgehead atoms. The molecule has 0 fully saturated rings. The quantitative estimate of drug-likeness (QED) is 0.563. The maximum atomic E-state index is 13.2. The standard InChI is InChI=1S/C17H12ClF3N4O2S/c1-2-27-14(26)9-4-3-5-10(8-9)23-16-22-7-6-11(24-16)12-13(17(19,20)21)25-15(18)28-12/h3-8H,2H2,1H3,(H,22,23,24). The van der Waals surface area contributed by atoms with E-state index in [9.17, 15) is 18.0 Å². The van der Waals surface area contributed by atoms with E-state index < -0.39 is 17.8 Å². The van der Waals surface area contributed by atoms with E-state index in [1.54, 1.807) is 25.1 Å². The van der Waals surface area contributed by atoms with Crippen molar-refractivity contribution in [1.29, 1.82) is 0 Å². The minimum absolute atomic E-state index is 0.0239. The van der Waals surface area contributed by atoms with Crippen LogP contribution >= 0.6 is 22.9 Å². The second kappa shape index (κ2) is 8.11. The second-order valence-electron chi connectivity index (χ2n) is 5.33. The zero-order valence-corrected chi connectivity index (χ0v) is 15.8. The van der Waals surface area contributed by atoms with E-state index >= 15 is 0 Å². The molecule has 2 aromatic heterocycles. The number of aromatic nitrogens is 3. The Balaban J connectivity index is 1.90. The van der Waals surface area contributed by atoms with Crippen molar-refractivity contribution in [2.75, 3.05) is 11.9 Å². The van der Waals surface area contributed by atoms with Crippen molar-refractivity contribution in [2.45, 2.75) is 13.1 Å². The third-order valence-electron chi connectivity index (χ3n) is 3.39. The number of halogens is 4. The number of nitrogens with one attached hydrogen (secondary N) is 1. The Labute approximate surface area is 166 Å². The Bertz CT molecular complexity index is 1010. The molecule has 11 heteroatoms.